The Morgan fingerprint density at radius 3 is 2.62 bits per heavy atom. The number of halogens is 4. The van der Waals surface area contributed by atoms with E-state index in [0.29, 0.717) is 6.20 Å². The third-order valence-electron chi connectivity index (χ3n) is 1.77. The molecule has 88 valence electrons. The number of rotatable bonds is 2. The molecule has 1 unspecified atom stereocenters. The van der Waals surface area contributed by atoms with Gasteiger partial charge in [-0.15, -0.1) is 0 Å². The first-order valence-corrected chi connectivity index (χ1v) is 4.85. The highest BCUT2D eigenvalue weighted by atomic mass is 35.5. The van der Waals surface area contributed by atoms with Crippen molar-refractivity contribution in [1.29, 1.82) is 0 Å². The van der Waals surface area contributed by atoms with Crippen LogP contribution in [0.5, 0.6) is 0 Å². The van der Waals surface area contributed by atoms with Gasteiger partial charge < -0.3 is 5.73 Å². The average Bonchev–Trinajstić information content (AvgIpc) is 2.14. The summed E-state index contributed by atoms with van der Waals surface area (Å²) in [6.07, 6.45) is -0.752. The zero-order valence-corrected chi connectivity index (χ0v) is 9.18. The monoisotopic (exact) mass is 250 g/mol. The quantitative estimate of drug-likeness (QED) is 0.819. The van der Waals surface area contributed by atoms with Crippen molar-refractivity contribution >= 4 is 17.7 Å². The van der Waals surface area contributed by atoms with Crippen molar-refractivity contribution in [3.05, 3.63) is 34.6 Å². The van der Waals surface area contributed by atoms with Crippen LogP contribution in [0.15, 0.2) is 18.3 Å². The van der Waals surface area contributed by atoms with Crippen molar-refractivity contribution in [3.8, 4) is 0 Å². The Morgan fingerprint density at radius 1 is 1.50 bits per heavy atom. The second-order valence-corrected chi connectivity index (χ2v) is 3.68. The maximum atomic E-state index is 12.4. The van der Waals surface area contributed by atoms with Gasteiger partial charge in [-0.2, -0.15) is 13.2 Å². The minimum absolute atomic E-state index is 0.0184. The average molecular weight is 251 g/mol. The first-order valence-electron chi connectivity index (χ1n) is 4.47. The Labute approximate surface area is 95.9 Å². The number of pyridine rings is 1. The van der Waals surface area contributed by atoms with Crippen molar-refractivity contribution in [1.82, 2.24) is 4.98 Å². The summed E-state index contributed by atoms with van der Waals surface area (Å²) in [5.74, 6) is 0. The van der Waals surface area contributed by atoms with Crippen LogP contribution in [-0.2, 0) is 6.18 Å². The number of hydrogen-bond donors (Lipinski definition) is 1. The van der Waals surface area contributed by atoms with Crippen molar-refractivity contribution < 1.29 is 13.2 Å². The normalized spacial score (nSPS) is 14.4. The molecule has 0 bridgehead atoms. The summed E-state index contributed by atoms with van der Waals surface area (Å²) in [7, 11) is 0. The minimum atomic E-state index is -4.42. The predicted molar refractivity (Wildman–Crippen MR) is 56.9 cm³/mol. The Bertz CT molecular complexity index is 400. The summed E-state index contributed by atoms with van der Waals surface area (Å²) in [6, 6.07) is 0.680. The number of nitrogens with zero attached hydrogens (tertiary/aromatic N) is 1. The van der Waals surface area contributed by atoms with E-state index in [1.165, 1.54) is 6.08 Å². The molecule has 0 saturated heterocycles. The number of aromatic nitrogens is 1. The lowest BCUT2D eigenvalue weighted by Crippen LogP contribution is -2.10. The fourth-order valence-electron chi connectivity index (χ4n) is 0.992. The molecular weight excluding hydrogens is 241 g/mol. The molecule has 0 fully saturated rings. The van der Waals surface area contributed by atoms with Gasteiger partial charge in [0.05, 0.1) is 5.56 Å². The van der Waals surface area contributed by atoms with E-state index >= 15 is 0 Å². The third kappa shape index (κ3) is 3.50. The lowest BCUT2D eigenvalue weighted by Gasteiger charge is -2.07. The number of alkyl halides is 3. The van der Waals surface area contributed by atoms with Gasteiger partial charge >= 0.3 is 6.18 Å². The van der Waals surface area contributed by atoms with E-state index in [1.54, 1.807) is 13.0 Å². The van der Waals surface area contributed by atoms with Crippen molar-refractivity contribution in [2.24, 2.45) is 5.73 Å². The second-order valence-electron chi connectivity index (χ2n) is 3.32. The van der Waals surface area contributed by atoms with Crippen LogP contribution in [0.3, 0.4) is 0 Å². The Morgan fingerprint density at radius 2 is 2.12 bits per heavy atom. The summed E-state index contributed by atoms with van der Waals surface area (Å²) in [5, 5.41) is 0.0184. The number of nitrogens with two attached hydrogens (primary N) is 1. The van der Waals surface area contributed by atoms with E-state index in [2.05, 4.69) is 4.98 Å². The van der Waals surface area contributed by atoms with Crippen molar-refractivity contribution in [2.75, 3.05) is 0 Å². The zero-order chi connectivity index (χ0) is 12.3. The molecule has 2 N–H and O–H groups in total. The molecule has 2 nitrogen and oxygen atoms in total. The molecule has 0 radical (unpaired) electrons. The van der Waals surface area contributed by atoms with Gasteiger partial charge in [-0.1, -0.05) is 23.8 Å². The van der Waals surface area contributed by atoms with Gasteiger partial charge in [0.1, 0.15) is 5.15 Å². The van der Waals surface area contributed by atoms with Crippen LogP contribution >= 0.6 is 11.6 Å². The first-order chi connectivity index (χ1) is 7.30. The van der Waals surface area contributed by atoms with Crippen LogP contribution in [0.2, 0.25) is 5.15 Å². The van der Waals surface area contributed by atoms with Gasteiger partial charge in [0.2, 0.25) is 0 Å². The minimum Gasteiger partial charge on any atom is -0.325 e. The topological polar surface area (TPSA) is 38.9 Å². The smallest absolute Gasteiger partial charge is 0.325 e. The molecule has 6 heteroatoms. The van der Waals surface area contributed by atoms with Crippen LogP contribution in [0.4, 0.5) is 13.2 Å². The van der Waals surface area contributed by atoms with Crippen LogP contribution in [0, 0.1) is 0 Å². The fraction of sp³-hybridized carbons (Fsp3) is 0.300. The molecule has 1 aromatic heterocycles. The summed E-state index contributed by atoms with van der Waals surface area (Å²) >= 11 is 5.66. The van der Waals surface area contributed by atoms with E-state index in [1.807, 2.05) is 0 Å². The van der Waals surface area contributed by atoms with Gasteiger partial charge in [-0.05, 0) is 13.0 Å². The van der Waals surface area contributed by atoms with Crippen LogP contribution in [-0.4, -0.2) is 11.0 Å². The molecule has 0 spiro atoms. The van der Waals surface area contributed by atoms with E-state index in [4.69, 9.17) is 17.3 Å². The van der Waals surface area contributed by atoms with Crippen LogP contribution in [0.1, 0.15) is 18.1 Å². The van der Waals surface area contributed by atoms with Gasteiger partial charge in [-0.25, -0.2) is 4.98 Å². The molecule has 1 heterocycles. The Hall–Kier alpha value is -1.07. The summed E-state index contributed by atoms with van der Waals surface area (Å²) < 4.78 is 37.1. The van der Waals surface area contributed by atoms with Gasteiger partial charge in [0, 0.05) is 17.8 Å². The second kappa shape index (κ2) is 4.84. The Kier molecular flexibility index (Phi) is 3.93. The van der Waals surface area contributed by atoms with Crippen LogP contribution in [0.25, 0.3) is 6.08 Å². The fourth-order valence-corrected chi connectivity index (χ4v) is 1.16. The molecule has 1 atom stereocenters. The molecule has 0 aliphatic rings. The lowest BCUT2D eigenvalue weighted by atomic mass is 10.1. The third-order valence-corrected chi connectivity index (χ3v) is 2.09. The van der Waals surface area contributed by atoms with Crippen molar-refractivity contribution in [2.45, 2.75) is 19.1 Å². The highest BCUT2D eigenvalue weighted by molar-refractivity contribution is 6.30. The predicted octanol–water partition coefficient (Wildman–Crippen LogP) is 3.11. The molecule has 1 aromatic rings. The molecule has 0 saturated carbocycles. The van der Waals surface area contributed by atoms with Crippen molar-refractivity contribution in [3.63, 3.8) is 0 Å². The highest BCUT2D eigenvalue weighted by Crippen LogP contribution is 2.30. The largest absolute Gasteiger partial charge is 0.417 e. The summed E-state index contributed by atoms with van der Waals surface area (Å²) in [4.78, 5) is 3.48. The standard InChI is InChI=1S/C10H10ClF3N2/c1-6(15)2-3-7-4-8(10(12,13)14)5-16-9(7)11/h2-6H,15H2,1H3/b3-2+. The highest BCUT2D eigenvalue weighted by Gasteiger charge is 2.31. The SMILES string of the molecule is CC(N)/C=C/c1cc(C(F)(F)F)cnc1Cl. The maximum Gasteiger partial charge on any atom is 0.417 e. The molecule has 0 aliphatic carbocycles. The van der Waals surface area contributed by atoms with Gasteiger partial charge in [-0.3, -0.25) is 0 Å². The molecule has 0 amide bonds. The van der Waals surface area contributed by atoms with Gasteiger partial charge in [0.25, 0.3) is 0 Å². The van der Waals surface area contributed by atoms with Gasteiger partial charge in [0.15, 0.2) is 0 Å². The molecular formula is C10H10ClF3N2. The van der Waals surface area contributed by atoms with E-state index < -0.39 is 11.7 Å². The van der Waals surface area contributed by atoms with E-state index in [9.17, 15) is 13.2 Å². The lowest BCUT2D eigenvalue weighted by molar-refractivity contribution is -0.137. The number of hydrogen-bond acceptors (Lipinski definition) is 2. The molecule has 16 heavy (non-hydrogen) atoms. The Balaban J connectivity index is 3.09. The first kappa shape index (κ1) is 13.0. The summed E-state index contributed by atoms with van der Waals surface area (Å²) in [5.41, 5.74) is 4.81. The zero-order valence-electron chi connectivity index (χ0n) is 8.42. The molecule has 1 rings (SSSR count). The van der Waals surface area contributed by atoms with E-state index in [-0.39, 0.29) is 16.8 Å². The molecule has 0 aliphatic heterocycles. The maximum absolute atomic E-state index is 12.4. The molecule has 0 aromatic carbocycles. The van der Waals surface area contributed by atoms with Crippen LogP contribution < -0.4 is 5.73 Å². The van der Waals surface area contributed by atoms with E-state index in [0.717, 1.165) is 6.07 Å². The summed E-state index contributed by atoms with van der Waals surface area (Å²) in [6.45, 7) is 1.70.